The van der Waals surface area contributed by atoms with E-state index in [1.165, 1.54) is 0 Å². The highest BCUT2D eigenvalue weighted by Gasteiger charge is 2.13. The third-order valence-electron chi connectivity index (χ3n) is 2.35. The van der Waals surface area contributed by atoms with E-state index < -0.39 is 0 Å². The van der Waals surface area contributed by atoms with E-state index in [2.05, 4.69) is 4.98 Å². The van der Waals surface area contributed by atoms with Gasteiger partial charge in [0.25, 0.3) is 5.56 Å². The van der Waals surface area contributed by atoms with E-state index >= 15 is 0 Å². The first-order valence-corrected chi connectivity index (χ1v) is 4.34. The van der Waals surface area contributed by atoms with Crippen molar-refractivity contribution in [1.29, 1.82) is 0 Å². The monoisotopic (exact) mass is 185 g/mol. The minimum absolute atomic E-state index is 0.0967. The van der Waals surface area contributed by atoms with Crippen molar-refractivity contribution in [1.82, 2.24) is 4.98 Å². The van der Waals surface area contributed by atoms with E-state index in [1.807, 2.05) is 24.3 Å². The Bertz CT molecular complexity index is 621. The number of aromatic amines is 1. The van der Waals surface area contributed by atoms with Gasteiger partial charge in [0.05, 0.1) is 11.8 Å². The predicted octanol–water partition coefficient (Wildman–Crippen LogP) is 2.23. The lowest BCUT2D eigenvalue weighted by atomic mass is 10.1. The van der Waals surface area contributed by atoms with E-state index in [-0.39, 0.29) is 5.56 Å². The summed E-state index contributed by atoms with van der Waals surface area (Å²) in [7, 11) is 0. The van der Waals surface area contributed by atoms with E-state index in [9.17, 15) is 4.79 Å². The van der Waals surface area contributed by atoms with Crippen LogP contribution < -0.4 is 5.56 Å². The molecule has 3 rings (SSSR count). The zero-order chi connectivity index (χ0) is 9.54. The van der Waals surface area contributed by atoms with Crippen LogP contribution in [0.3, 0.4) is 0 Å². The summed E-state index contributed by atoms with van der Waals surface area (Å²) in [4.78, 5) is 14.1. The van der Waals surface area contributed by atoms with Crippen molar-refractivity contribution in [3.05, 3.63) is 47.1 Å². The van der Waals surface area contributed by atoms with Crippen LogP contribution in [0.25, 0.3) is 22.1 Å². The second-order valence-corrected chi connectivity index (χ2v) is 3.18. The third kappa shape index (κ3) is 0.836. The molecule has 0 fully saturated rings. The molecule has 2 heterocycles. The molecule has 1 aromatic rings. The number of rotatable bonds is 0. The number of fused-ring (bicyclic) bond motifs is 3. The highest BCUT2D eigenvalue weighted by Crippen LogP contribution is 2.27. The van der Waals surface area contributed by atoms with Crippen molar-refractivity contribution in [2.24, 2.45) is 0 Å². The van der Waals surface area contributed by atoms with Crippen LogP contribution >= 0.6 is 0 Å². The van der Waals surface area contributed by atoms with Crippen LogP contribution in [0.4, 0.5) is 0 Å². The smallest absolute Gasteiger partial charge is 0.259 e. The second kappa shape index (κ2) is 2.48. The largest absolute Gasteiger partial charge is 0.462 e. The molecule has 0 aliphatic carbocycles. The molecule has 68 valence electrons. The average molecular weight is 185 g/mol. The van der Waals surface area contributed by atoms with Crippen LogP contribution in [0.5, 0.6) is 0 Å². The normalized spacial score (nSPS) is 11.1. The Hall–Kier alpha value is -2.03. The molecule has 3 heteroatoms. The Morgan fingerprint density at radius 2 is 2.07 bits per heavy atom. The third-order valence-corrected chi connectivity index (χ3v) is 2.35. The molecule has 0 atom stereocenters. The first-order valence-electron chi connectivity index (χ1n) is 4.34. The summed E-state index contributed by atoms with van der Waals surface area (Å²) >= 11 is 0. The van der Waals surface area contributed by atoms with Crippen molar-refractivity contribution >= 4 is 10.8 Å². The Morgan fingerprint density at radius 1 is 1.21 bits per heavy atom. The number of H-pyrrole nitrogens is 1. The van der Waals surface area contributed by atoms with E-state index in [0.717, 1.165) is 10.8 Å². The molecule has 0 spiro atoms. The lowest BCUT2D eigenvalue weighted by Crippen LogP contribution is -1.99. The molecule has 0 radical (unpaired) electrons. The molecular weight excluding hydrogens is 178 g/mol. The highest BCUT2D eigenvalue weighted by molar-refractivity contribution is 5.94. The summed E-state index contributed by atoms with van der Waals surface area (Å²) in [5.41, 5.74) is 0.531. The van der Waals surface area contributed by atoms with Gasteiger partial charge in [0.1, 0.15) is 0 Å². The zero-order valence-electron chi connectivity index (χ0n) is 7.28. The fourth-order valence-corrected chi connectivity index (χ4v) is 1.69. The van der Waals surface area contributed by atoms with Crippen LogP contribution in [0, 0.1) is 0 Å². The number of nitrogens with one attached hydrogen (secondary N) is 1. The molecule has 0 unspecified atom stereocenters. The second-order valence-electron chi connectivity index (χ2n) is 3.18. The Balaban J connectivity index is 2.64. The zero-order valence-corrected chi connectivity index (χ0v) is 7.28. The van der Waals surface area contributed by atoms with Gasteiger partial charge in [0, 0.05) is 17.0 Å². The maximum absolute atomic E-state index is 11.5. The van der Waals surface area contributed by atoms with Gasteiger partial charge < -0.3 is 9.40 Å². The van der Waals surface area contributed by atoms with Crippen molar-refractivity contribution in [3.63, 3.8) is 0 Å². The summed E-state index contributed by atoms with van der Waals surface area (Å²) in [6.45, 7) is 0. The summed E-state index contributed by atoms with van der Waals surface area (Å²) in [6.07, 6.45) is 3.25. The first-order chi connectivity index (χ1) is 6.86. The quantitative estimate of drug-likeness (QED) is 0.583. The van der Waals surface area contributed by atoms with Crippen molar-refractivity contribution in [2.45, 2.75) is 0 Å². The van der Waals surface area contributed by atoms with Crippen LogP contribution in [-0.2, 0) is 0 Å². The number of benzene rings is 1. The molecule has 14 heavy (non-hydrogen) atoms. The summed E-state index contributed by atoms with van der Waals surface area (Å²) in [5, 5.41) is 1.87. The molecule has 3 nitrogen and oxygen atoms in total. The predicted molar refractivity (Wildman–Crippen MR) is 53.5 cm³/mol. The molecule has 1 N–H and O–H groups in total. The van der Waals surface area contributed by atoms with E-state index in [0.29, 0.717) is 11.3 Å². The standard InChI is InChI=1S/C11H7NO2/c13-11-10-8-4-2-1-3-7(8)6-14-9(10)5-12-11/h1-6H,(H,12,13). The van der Waals surface area contributed by atoms with Gasteiger partial charge in [-0.25, -0.2) is 0 Å². The van der Waals surface area contributed by atoms with E-state index in [4.69, 9.17) is 4.42 Å². The number of hydrogen-bond donors (Lipinski definition) is 1. The van der Waals surface area contributed by atoms with Crippen molar-refractivity contribution in [3.8, 4) is 11.3 Å². The Labute approximate surface area is 79.3 Å². The van der Waals surface area contributed by atoms with Gasteiger partial charge in [0.2, 0.25) is 0 Å². The van der Waals surface area contributed by atoms with Crippen molar-refractivity contribution < 1.29 is 4.42 Å². The SMILES string of the molecule is O=c1[nH]cc2occ3ccccc3c1-2. The first kappa shape index (κ1) is 7.38. The highest BCUT2D eigenvalue weighted by atomic mass is 16.3. The summed E-state index contributed by atoms with van der Waals surface area (Å²) in [6, 6.07) is 7.67. The number of aromatic nitrogens is 1. The molecule has 2 aliphatic rings. The van der Waals surface area contributed by atoms with Gasteiger partial charge in [-0.05, 0) is 0 Å². The van der Waals surface area contributed by atoms with Crippen LogP contribution in [0.15, 0.2) is 45.9 Å². The fourth-order valence-electron chi connectivity index (χ4n) is 1.69. The lowest BCUT2D eigenvalue weighted by molar-refractivity contribution is 0.573. The Morgan fingerprint density at radius 3 is 3.00 bits per heavy atom. The maximum Gasteiger partial charge on any atom is 0.259 e. The molecule has 0 saturated heterocycles. The van der Waals surface area contributed by atoms with Gasteiger partial charge >= 0.3 is 0 Å². The lowest BCUT2D eigenvalue weighted by Gasteiger charge is -2.00. The van der Waals surface area contributed by atoms with Crippen LogP contribution in [0.2, 0.25) is 0 Å². The molecule has 1 aromatic carbocycles. The van der Waals surface area contributed by atoms with Gasteiger partial charge in [0.15, 0.2) is 5.76 Å². The van der Waals surface area contributed by atoms with Gasteiger partial charge in [-0.15, -0.1) is 0 Å². The maximum atomic E-state index is 11.5. The van der Waals surface area contributed by atoms with Crippen LogP contribution in [0.1, 0.15) is 0 Å². The van der Waals surface area contributed by atoms with Crippen molar-refractivity contribution in [2.75, 3.05) is 0 Å². The molecule has 0 saturated carbocycles. The van der Waals surface area contributed by atoms with Gasteiger partial charge in [-0.3, -0.25) is 4.79 Å². The van der Waals surface area contributed by atoms with E-state index in [1.54, 1.807) is 12.5 Å². The summed E-state index contributed by atoms with van der Waals surface area (Å²) in [5.74, 6) is 0.605. The minimum atomic E-state index is -0.0967. The van der Waals surface area contributed by atoms with Crippen LogP contribution in [-0.4, -0.2) is 4.98 Å². The molecule has 2 aliphatic heterocycles. The fraction of sp³-hybridized carbons (Fsp3) is 0. The number of hydrogen-bond acceptors (Lipinski definition) is 2. The average Bonchev–Trinajstić information content (AvgIpc) is 2.61. The van der Waals surface area contributed by atoms with Gasteiger partial charge in [-0.1, -0.05) is 24.3 Å². The Kier molecular flexibility index (Phi) is 1.31. The summed E-state index contributed by atoms with van der Waals surface area (Å²) < 4.78 is 5.31. The molecule has 0 bridgehead atoms. The molecule has 0 aromatic heterocycles. The molecular formula is C11H7NO2. The topological polar surface area (TPSA) is 46.0 Å². The minimum Gasteiger partial charge on any atom is -0.462 e. The molecule has 0 amide bonds. The van der Waals surface area contributed by atoms with Gasteiger partial charge in [-0.2, -0.15) is 0 Å².